The third-order valence-electron chi connectivity index (χ3n) is 1.53. The fraction of sp³-hybridized carbons (Fsp3) is 0.182. The molecule has 0 atom stereocenters. The summed E-state index contributed by atoms with van der Waals surface area (Å²) in [4.78, 5) is 11.2. The number of nitrogens with one attached hydrogen (secondary N) is 1. The van der Waals surface area contributed by atoms with Gasteiger partial charge in [0.25, 0.3) is 5.91 Å². The quantitative estimate of drug-likeness (QED) is 0.627. The molecule has 0 aliphatic carbocycles. The second-order valence-corrected chi connectivity index (χ2v) is 2.53. The molecule has 0 radical (unpaired) electrons. The van der Waals surface area contributed by atoms with Crippen LogP contribution in [0.4, 0.5) is 0 Å². The molecule has 0 unspecified atom stereocenters. The predicted octanol–water partition coefficient (Wildman–Crippen LogP) is 0.364. The summed E-state index contributed by atoms with van der Waals surface area (Å²) in [7, 11) is 0. The van der Waals surface area contributed by atoms with Crippen LogP contribution in [0.25, 0.3) is 0 Å². The number of phenols is 1. The average molecular weight is 207 g/mol. The third-order valence-corrected chi connectivity index (χ3v) is 1.53. The molecule has 0 aliphatic heterocycles. The van der Waals surface area contributed by atoms with Crippen molar-refractivity contribution in [1.82, 2.24) is 5.32 Å². The Morgan fingerprint density at radius 3 is 2.27 bits per heavy atom. The van der Waals surface area contributed by atoms with Crippen molar-refractivity contribution in [3.8, 4) is 18.6 Å². The minimum atomic E-state index is -0.256. The maximum Gasteiger partial charge on any atom is 0.251 e. The number of phenolic OH excluding ortho intramolecular Hbond substituents is 1. The Morgan fingerprint density at radius 1 is 1.27 bits per heavy atom. The second kappa shape index (κ2) is 7.42. The van der Waals surface area contributed by atoms with Crippen LogP contribution < -0.4 is 5.32 Å². The first-order valence-corrected chi connectivity index (χ1v) is 4.25. The number of aliphatic hydroxyl groups excluding tert-OH is 1. The molecule has 4 heteroatoms. The van der Waals surface area contributed by atoms with Crippen LogP contribution in [-0.4, -0.2) is 29.3 Å². The van der Waals surface area contributed by atoms with E-state index in [1.54, 1.807) is 0 Å². The number of hydrogen-bond donors (Lipinski definition) is 3. The van der Waals surface area contributed by atoms with Gasteiger partial charge in [0.1, 0.15) is 5.75 Å². The number of aliphatic hydroxyl groups is 1. The fourth-order valence-corrected chi connectivity index (χ4v) is 0.884. The maximum atomic E-state index is 11.2. The molecule has 0 aromatic heterocycles. The topological polar surface area (TPSA) is 69.6 Å². The predicted molar refractivity (Wildman–Crippen MR) is 57.4 cm³/mol. The first kappa shape index (κ1) is 13.0. The van der Waals surface area contributed by atoms with Gasteiger partial charge in [-0.05, 0) is 24.3 Å². The van der Waals surface area contributed by atoms with Crippen LogP contribution in [0.2, 0.25) is 0 Å². The molecule has 0 spiro atoms. The van der Waals surface area contributed by atoms with Gasteiger partial charge in [0, 0.05) is 12.1 Å². The SMILES string of the molecule is C#C.O=C(NCCO)c1ccc(O)cc1. The molecule has 1 rings (SSSR count). The second-order valence-electron chi connectivity index (χ2n) is 2.53. The Morgan fingerprint density at radius 2 is 1.80 bits per heavy atom. The Bertz CT molecular complexity index is 316. The number of benzene rings is 1. The summed E-state index contributed by atoms with van der Waals surface area (Å²) in [5.41, 5.74) is 0.464. The first-order valence-electron chi connectivity index (χ1n) is 4.25. The van der Waals surface area contributed by atoms with Crippen molar-refractivity contribution in [2.45, 2.75) is 0 Å². The van der Waals surface area contributed by atoms with Gasteiger partial charge < -0.3 is 15.5 Å². The standard InChI is InChI=1S/C9H11NO3.C2H2/c11-6-5-10-9(13)7-1-3-8(12)4-2-7;1-2/h1-4,11-12H,5-6H2,(H,10,13);1-2H. The maximum absolute atomic E-state index is 11.2. The minimum Gasteiger partial charge on any atom is -0.508 e. The van der Waals surface area contributed by atoms with E-state index in [2.05, 4.69) is 18.2 Å². The van der Waals surface area contributed by atoms with Crippen LogP contribution >= 0.6 is 0 Å². The van der Waals surface area contributed by atoms with E-state index in [9.17, 15) is 4.79 Å². The van der Waals surface area contributed by atoms with E-state index in [-0.39, 0.29) is 24.8 Å². The smallest absolute Gasteiger partial charge is 0.251 e. The molecule has 0 saturated carbocycles. The molecule has 80 valence electrons. The van der Waals surface area contributed by atoms with Crippen LogP contribution in [0.5, 0.6) is 5.75 Å². The number of carbonyl (C=O) groups is 1. The highest BCUT2D eigenvalue weighted by molar-refractivity contribution is 5.94. The highest BCUT2D eigenvalue weighted by atomic mass is 16.3. The normalized spacial score (nSPS) is 8.47. The molecule has 0 saturated heterocycles. The number of aromatic hydroxyl groups is 1. The van der Waals surface area contributed by atoms with Gasteiger partial charge in [-0.3, -0.25) is 4.79 Å². The Labute approximate surface area is 88.6 Å². The van der Waals surface area contributed by atoms with Crippen LogP contribution in [0.1, 0.15) is 10.4 Å². The summed E-state index contributed by atoms with van der Waals surface area (Å²) in [6.45, 7) is 0.156. The van der Waals surface area contributed by atoms with Gasteiger partial charge in [-0.15, -0.1) is 12.8 Å². The monoisotopic (exact) mass is 207 g/mol. The summed E-state index contributed by atoms with van der Waals surface area (Å²) >= 11 is 0. The molecule has 0 heterocycles. The minimum absolute atomic E-state index is 0.0795. The molecule has 1 aromatic rings. The molecule has 0 bridgehead atoms. The largest absolute Gasteiger partial charge is 0.508 e. The molecule has 15 heavy (non-hydrogen) atoms. The number of carbonyl (C=O) groups excluding carboxylic acids is 1. The average Bonchev–Trinajstić information content (AvgIpc) is 2.29. The number of terminal acetylenes is 1. The van der Waals surface area contributed by atoms with Crippen LogP contribution in [0.15, 0.2) is 24.3 Å². The molecule has 0 fully saturated rings. The van der Waals surface area contributed by atoms with Gasteiger partial charge in [0.2, 0.25) is 0 Å². The van der Waals surface area contributed by atoms with E-state index < -0.39 is 0 Å². The molecule has 1 amide bonds. The van der Waals surface area contributed by atoms with Gasteiger partial charge in [0.15, 0.2) is 0 Å². The zero-order valence-electron chi connectivity index (χ0n) is 8.18. The van der Waals surface area contributed by atoms with Crippen LogP contribution in [0, 0.1) is 12.8 Å². The van der Waals surface area contributed by atoms with Crippen LogP contribution in [-0.2, 0) is 0 Å². The number of rotatable bonds is 3. The van der Waals surface area contributed by atoms with Gasteiger partial charge in [-0.25, -0.2) is 0 Å². The molecular weight excluding hydrogens is 194 g/mol. The summed E-state index contributed by atoms with van der Waals surface area (Å²) in [6, 6.07) is 5.91. The Balaban J connectivity index is 0.000000921. The zero-order chi connectivity index (χ0) is 11.7. The van der Waals surface area contributed by atoms with Crippen LogP contribution in [0.3, 0.4) is 0 Å². The molecule has 3 N–H and O–H groups in total. The highest BCUT2D eigenvalue weighted by Gasteiger charge is 2.02. The summed E-state index contributed by atoms with van der Waals surface area (Å²) < 4.78 is 0. The third kappa shape index (κ3) is 4.69. The van der Waals surface area contributed by atoms with Gasteiger partial charge >= 0.3 is 0 Å². The lowest BCUT2D eigenvalue weighted by Gasteiger charge is -2.02. The fourth-order valence-electron chi connectivity index (χ4n) is 0.884. The van der Waals surface area contributed by atoms with Gasteiger partial charge in [-0.1, -0.05) is 0 Å². The summed E-state index contributed by atoms with van der Waals surface area (Å²) in [5.74, 6) is -0.132. The Kier molecular flexibility index (Phi) is 6.43. The number of amides is 1. The van der Waals surface area contributed by atoms with E-state index in [1.165, 1.54) is 24.3 Å². The van der Waals surface area contributed by atoms with Crippen molar-refractivity contribution < 1.29 is 15.0 Å². The summed E-state index contributed by atoms with van der Waals surface area (Å²) in [5, 5.41) is 19.9. The lowest BCUT2D eigenvalue weighted by atomic mass is 10.2. The van der Waals surface area contributed by atoms with Gasteiger partial charge in [-0.2, -0.15) is 0 Å². The van der Waals surface area contributed by atoms with Crippen molar-refractivity contribution in [2.24, 2.45) is 0 Å². The first-order chi connectivity index (χ1) is 7.24. The molecule has 4 nitrogen and oxygen atoms in total. The van der Waals surface area contributed by atoms with Crippen molar-refractivity contribution >= 4 is 5.91 Å². The van der Waals surface area contributed by atoms with E-state index in [4.69, 9.17) is 10.2 Å². The van der Waals surface area contributed by atoms with E-state index >= 15 is 0 Å². The summed E-state index contributed by atoms with van der Waals surface area (Å²) in [6.07, 6.45) is 8.00. The lowest BCUT2D eigenvalue weighted by molar-refractivity contribution is 0.0945. The lowest BCUT2D eigenvalue weighted by Crippen LogP contribution is -2.26. The molecular formula is C11H13NO3. The van der Waals surface area contributed by atoms with E-state index in [0.717, 1.165) is 0 Å². The Hall–Kier alpha value is -1.99. The molecule has 1 aromatic carbocycles. The van der Waals surface area contributed by atoms with Crippen molar-refractivity contribution in [2.75, 3.05) is 13.2 Å². The van der Waals surface area contributed by atoms with Crippen molar-refractivity contribution in [3.63, 3.8) is 0 Å². The van der Waals surface area contributed by atoms with Crippen molar-refractivity contribution in [3.05, 3.63) is 29.8 Å². The zero-order valence-corrected chi connectivity index (χ0v) is 8.18. The van der Waals surface area contributed by atoms with Gasteiger partial charge in [0.05, 0.1) is 6.61 Å². The highest BCUT2D eigenvalue weighted by Crippen LogP contribution is 2.08. The molecule has 0 aliphatic rings. The van der Waals surface area contributed by atoms with E-state index in [0.29, 0.717) is 5.56 Å². The van der Waals surface area contributed by atoms with E-state index in [1.807, 2.05) is 0 Å². The number of hydrogen-bond acceptors (Lipinski definition) is 3. The van der Waals surface area contributed by atoms with Crippen molar-refractivity contribution in [1.29, 1.82) is 0 Å².